The third kappa shape index (κ3) is 4.17. The molecule has 6 heteroatoms. The fourth-order valence-corrected chi connectivity index (χ4v) is 2.93. The summed E-state index contributed by atoms with van der Waals surface area (Å²) in [5.41, 5.74) is 2.25. The first-order chi connectivity index (χ1) is 11.3. The predicted octanol–water partition coefficient (Wildman–Crippen LogP) is 3.79. The largest absolute Gasteiger partial charge is 0.411 e. The second-order valence-corrected chi connectivity index (χ2v) is 8.54. The number of hydrogen-bond acceptors (Lipinski definition) is 5. The van der Waals surface area contributed by atoms with Crippen LogP contribution in [0.1, 0.15) is 46.1 Å². The fourth-order valence-electron chi connectivity index (χ4n) is 2.24. The van der Waals surface area contributed by atoms with E-state index in [-0.39, 0.29) is 16.6 Å². The van der Waals surface area contributed by atoms with Crippen LogP contribution >= 0.6 is 11.8 Å². The van der Waals surface area contributed by atoms with Crippen LogP contribution in [-0.4, -0.2) is 27.4 Å². The minimum absolute atomic E-state index is 0.0248. The van der Waals surface area contributed by atoms with Gasteiger partial charge in [0.15, 0.2) is 0 Å². The molecule has 0 aliphatic heterocycles. The highest BCUT2D eigenvalue weighted by atomic mass is 32.2. The molecular formula is C18H23N3O2S. The summed E-state index contributed by atoms with van der Waals surface area (Å²) in [6.45, 7) is 8.39. The number of hydrogen-bond donors (Lipinski definition) is 1. The SMILES string of the molecule is C[C@H](Sc1nnc(-c2ccc(C(C)(C)C)cc2)o1)C(=O)NC1CC1. The number of aromatic nitrogens is 2. The monoisotopic (exact) mass is 345 g/mol. The van der Waals surface area contributed by atoms with E-state index in [1.54, 1.807) is 0 Å². The number of rotatable bonds is 5. The smallest absolute Gasteiger partial charge is 0.277 e. The van der Waals surface area contributed by atoms with Crippen LogP contribution in [0.15, 0.2) is 33.9 Å². The van der Waals surface area contributed by atoms with E-state index in [1.807, 2.05) is 19.1 Å². The topological polar surface area (TPSA) is 68.0 Å². The van der Waals surface area contributed by atoms with E-state index in [0.29, 0.717) is 17.2 Å². The Balaban J connectivity index is 1.65. The first-order valence-corrected chi connectivity index (χ1v) is 9.12. The van der Waals surface area contributed by atoms with Crippen molar-refractivity contribution >= 4 is 17.7 Å². The van der Waals surface area contributed by atoms with E-state index < -0.39 is 0 Å². The molecule has 24 heavy (non-hydrogen) atoms. The average molecular weight is 345 g/mol. The molecule has 1 aliphatic rings. The Morgan fingerprint density at radius 2 is 1.92 bits per heavy atom. The van der Waals surface area contributed by atoms with Crippen molar-refractivity contribution in [3.8, 4) is 11.5 Å². The highest BCUT2D eigenvalue weighted by Gasteiger charge is 2.27. The number of amides is 1. The Labute approximate surface area is 146 Å². The molecule has 1 heterocycles. The van der Waals surface area contributed by atoms with E-state index in [4.69, 9.17) is 4.42 Å². The van der Waals surface area contributed by atoms with Crippen molar-refractivity contribution in [3.63, 3.8) is 0 Å². The van der Waals surface area contributed by atoms with Gasteiger partial charge in [0.05, 0.1) is 5.25 Å². The molecule has 1 atom stereocenters. The summed E-state index contributed by atoms with van der Waals surface area (Å²) in [7, 11) is 0. The maximum Gasteiger partial charge on any atom is 0.277 e. The Morgan fingerprint density at radius 3 is 2.50 bits per heavy atom. The lowest BCUT2D eigenvalue weighted by molar-refractivity contribution is -0.120. The molecule has 3 rings (SSSR count). The summed E-state index contributed by atoms with van der Waals surface area (Å²) in [6.07, 6.45) is 2.16. The van der Waals surface area contributed by atoms with Gasteiger partial charge in [-0.15, -0.1) is 10.2 Å². The lowest BCUT2D eigenvalue weighted by atomic mass is 9.87. The summed E-state index contributed by atoms with van der Waals surface area (Å²) in [4.78, 5) is 12.0. The van der Waals surface area contributed by atoms with Crippen molar-refractivity contribution in [1.82, 2.24) is 15.5 Å². The van der Waals surface area contributed by atoms with Gasteiger partial charge in [0.25, 0.3) is 5.22 Å². The van der Waals surface area contributed by atoms with Crippen molar-refractivity contribution in [2.75, 3.05) is 0 Å². The zero-order valence-corrected chi connectivity index (χ0v) is 15.3. The van der Waals surface area contributed by atoms with Crippen molar-refractivity contribution < 1.29 is 9.21 Å². The van der Waals surface area contributed by atoms with Crippen LogP contribution in [0.4, 0.5) is 0 Å². The second kappa shape index (κ2) is 6.59. The Morgan fingerprint density at radius 1 is 1.25 bits per heavy atom. The van der Waals surface area contributed by atoms with Gasteiger partial charge >= 0.3 is 0 Å². The highest BCUT2D eigenvalue weighted by Crippen LogP contribution is 2.29. The summed E-state index contributed by atoms with van der Waals surface area (Å²) in [5.74, 6) is 0.504. The van der Waals surface area contributed by atoms with Crippen LogP contribution in [0.25, 0.3) is 11.5 Å². The van der Waals surface area contributed by atoms with E-state index in [9.17, 15) is 4.79 Å². The molecule has 0 bridgehead atoms. The van der Waals surface area contributed by atoms with Gasteiger partial charge in [0.2, 0.25) is 11.8 Å². The zero-order valence-electron chi connectivity index (χ0n) is 14.5. The van der Waals surface area contributed by atoms with E-state index in [2.05, 4.69) is 48.4 Å². The molecule has 0 unspecified atom stereocenters. The molecule has 1 aromatic carbocycles. The molecule has 0 saturated heterocycles. The quantitative estimate of drug-likeness (QED) is 0.835. The van der Waals surface area contributed by atoms with Crippen LogP contribution in [0.5, 0.6) is 0 Å². The van der Waals surface area contributed by atoms with Gasteiger partial charge in [-0.3, -0.25) is 4.79 Å². The maximum atomic E-state index is 12.0. The molecule has 2 aromatic rings. The molecule has 1 aromatic heterocycles. The Bertz CT molecular complexity index is 715. The van der Waals surface area contributed by atoms with Gasteiger partial charge in [-0.05, 0) is 42.9 Å². The van der Waals surface area contributed by atoms with E-state index in [0.717, 1.165) is 18.4 Å². The van der Waals surface area contributed by atoms with Crippen molar-refractivity contribution in [3.05, 3.63) is 29.8 Å². The summed E-state index contributed by atoms with van der Waals surface area (Å²) >= 11 is 1.29. The van der Waals surface area contributed by atoms with Crippen LogP contribution in [0.2, 0.25) is 0 Å². The van der Waals surface area contributed by atoms with Crippen molar-refractivity contribution in [2.45, 2.75) is 62.5 Å². The molecule has 1 fully saturated rings. The number of thioether (sulfide) groups is 1. The van der Waals surface area contributed by atoms with E-state index >= 15 is 0 Å². The van der Waals surface area contributed by atoms with E-state index in [1.165, 1.54) is 17.3 Å². The van der Waals surface area contributed by atoms with Crippen LogP contribution < -0.4 is 5.32 Å². The predicted molar refractivity (Wildman–Crippen MR) is 94.9 cm³/mol. The molecule has 0 spiro atoms. The number of nitrogens with zero attached hydrogens (tertiary/aromatic N) is 2. The van der Waals surface area contributed by atoms with Crippen molar-refractivity contribution in [2.24, 2.45) is 0 Å². The molecule has 1 amide bonds. The summed E-state index contributed by atoms with van der Waals surface area (Å²) < 4.78 is 5.70. The van der Waals surface area contributed by atoms with Gasteiger partial charge in [-0.1, -0.05) is 44.7 Å². The summed E-state index contributed by atoms with van der Waals surface area (Å²) in [5, 5.41) is 11.3. The van der Waals surface area contributed by atoms with Crippen molar-refractivity contribution in [1.29, 1.82) is 0 Å². The zero-order chi connectivity index (χ0) is 17.3. The van der Waals surface area contributed by atoms with Gasteiger partial charge in [-0.2, -0.15) is 0 Å². The molecule has 1 N–H and O–H groups in total. The van der Waals surface area contributed by atoms with Crippen LogP contribution in [0, 0.1) is 0 Å². The minimum atomic E-state index is -0.248. The molecule has 5 nitrogen and oxygen atoms in total. The fraction of sp³-hybridized carbons (Fsp3) is 0.500. The third-order valence-electron chi connectivity index (χ3n) is 3.97. The number of benzene rings is 1. The summed E-state index contributed by atoms with van der Waals surface area (Å²) in [6, 6.07) is 8.51. The lowest BCUT2D eigenvalue weighted by Crippen LogP contribution is -2.32. The molecular weight excluding hydrogens is 322 g/mol. The standard InChI is InChI=1S/C18H23N3O2S/c1-11(15(22)19-14-9-10-14)24-17-21-20-16(23-17)12-5-7-13(8-6-12)18(2,3)4/h5-8,11,14H,9-10H2,1-4H3,(H,19,22)/t11-/m0/s1. The Hall–Kier alpha value is -1.82. The van der Waals surface area contributed by atoms with Gasteiger partial charge in [0, 0.05) is 11.6 Å². The first kappa shape index (κ1) is 17.0. The minimum Gasteiger partial charge on any atom is -0.411 e. The van der Waals surface area contributed by atoms with Crippen LogP contribution in [0.3, 0.4) is 0 Å². The Kier molecular flexibility index (Phi) is 4.67. The number of nitrogens with one attached hydrogen (secondary N) is 1. The second-order valence-electron chi connectivity index (χ2n) is 7.24. The number of carbonyl (C=O) groups is 1. The van der Waals surface area contributed by atoms with Gasteiger partial charge in [0.1, 0.15) is 0 Å². The van der Waals surface area contributed by atoms with Gasteiger partial charge < -0.3 is 9.73 Å². The molecule has 1 aliphatic carbocycles. The maximum absolute atomic E-state index is 12.0. The third-order valence-corrected chi connectivity index (χ3v) is 4.91. The first-order valence-electron chi connectivity index (χ1n) is 8.24. The molecule has 0 radical (unpaired) electrons. The average Bonchev–Trinajstić information content (AvgIpc) is 3.22. The van der Waals surface area contributed by atoms with Crippen LogP contribution in [-0.2, 0) is 10.2 Å². The molecule has 128 valence electrons. The van der Waals surface area contributed by atoms with Gasteiger partial charge in [-0.25, -0.2) is 0 Å². The highest BCUT2D eigenvalue weighted by molar-refractivity contribution is 8.00. The lowest BCUT2D eigenvalue weighted by Gasteiger charge is -2.18. The molecule has 1 saturated carbocycles. The normalized spacial score (nSPS) is 16.0. The number of carbonyl (C=O) groups excluding carboxylic acids is 1.